The van der Waals surface area contributed by atoms with Crippen molar-refractivity contribution in [2.45, 2.75) is 26.4 Å². The Morgan fingerprint density at radius 1 is 1.40 bits per heavy atom. The molecule has 1 unspecified atom stereocenters. The lowest BCUT2D eigenvalue weighted by molar-refractivity contribution is -0.149. The Labute approximate surface area is 117 Å². The first kappa shape index (κ1) is 14.2. The number of carbonyl (C=O) groups excluding carboxylic acids is 1. The summed E-state index contributed by atoms with van der Waals surface area (Å²) >= 11 is 0. The van der Waals surface area contributed by atoms with E-state index in [9.17, 15) is 9.18 Å². The van der Waals surface area contributed by atoms with E-state index in [2.05, 4.69) is 9.84 Å². The first-order chi connectivity index (χ1) is 9.63. The lowest BCUT2D eigenvalue weighted by atomic mass is 10.1. The van der Waals surface area contributed by atoms with Crippen LogP contribution in [-0.2, 0) is 16.0 Å². The number of aromatic nitrogens is 2. The van der Waals surface area contributed by atoms with Gasteiger partial charge in [0.25, 0.3) is 0 Å². The molecular weight excluding hydrogens is 259 g/mol. The number of para-hydroxylation sites is 1. The summed E-state index contributed by atoms with van der Waals surface area (Å²) in [7, 11) is 0. The molecule has 20 heavy (non-hydrogen) atoms. The number of nitrogens with zero attached hydrogens (tertiary/aromatic N) is 2. The highest BCUT2D eigenvalue weighted by molar-refractivity contribution is 5.74. The van der Waals surface area contributed by atoms with Gasteiger partial charge in [0.1, 0.15) is 0 Å². The van der Waals surface area contributed by atoms with E-state index in [1.807, 2.05) is 37.3 Å². The molecule has 2 aromatic rings. The van der Waals surface area contributed by atoms with Crippen molar-refractivity contribution >= 4 is 5.97 Å². The van der Waals surface area contributed by atoms with Gasteiger partial charge in [-0.1, -0.05) is 18.2 Å². The maximum absolute atomic E-state index is 13.7. The van der Waals surface area contributed by atoms with Crippen molar-refractivity contribution in [3.63, 3.8) is 0 Å². The number of halogens is 1. The van der Waals surface area contributed by atoms with E-state index in [4.69, 9.17) is 0 Å². The molecule has 0 saturated carbocycles. The van der Waals surface area contributed by atoms with Crippen molar-refractivity contribution in [1.29, 1.82) is 0 Å². The number of alkyl halides is 1. The lowest BCUT2D eigenvalue weighted by Crippen LogP contribution is -2.21. The van der Waals surface area contributed by atoms with Crippen LogP contribution in [0.15, 0.2) is 36.5 Å². The van der Waals surface area contributed by atoms with Gasteiger partial charge >= 0.3 is 5.97 Å². The van der Waals surface area contributed by atoms with Crippen molar-refractivity contribution in [3.8, 4) is 5.69 Å². The third-order valence-electron chi connectivity index (χ3n) is 3.05. The number of benzene rings is 1. The molecule has 1 aromatic heterocycles. The van der Waals surface area contributed by atoms with Crippen LogP contribution in [0.2, 0.25) is 0 Å². The van der Waals surface area contributed by atoms with Gasteiger partial charge in [-0.3, -0.25) is 0 Å². The van der Waals surface area contributed by atoms with Crippen LogP contribution in [0.5, 0.6) is 0 Å². The molecule has 0 spiro atoms. The van der Waals surface area contributed by atoms with Crippen LogP contribution in [0.3, 0.4) is 0 Å². The molecule has 0 aliphatic carbocycles. The van der Waals surface area contributed by atoms with Crippen LogP contribution in [0.25, 0.3) is 5.69 Å². The first-order valence-corrected chi connectivity index (χ1v) is 6.53. The number of hydrogen-bond acceptors (Lipinski definition) is 3. The summed E-state index contributed by atoms with van der Waals surface area (Å²) in [6.45, 7) is 3.69. The second kappa shape index (κ2) is 6.32. The Bertz CT molecular complexity index is 581. The Morgan fingerprint density at radius 3 is 2.75 bits per heavy atom. The van der Waals surface area contributed by atoms with E-state index in [1.54, 1.807) is 17.8 Å². The smallest absolute Gasteiger partial charge is 0.341 e. The maximum Gasteiger partial charge on any atom is 0.341 e. The van der Waals surface area contributed by atoms with Gasteiger partial charge in [0, 0.05) is 12.1 Å². The van der Waals surface area contributed by atoms with E-state index in [-0.39, 0.29) is 13.0 Å². The van der Waals surface area contributed by atoms with Gasteiger partial charge in [0.15, 0.2) is 0 Å². The number of hydrogen-bond donors (Lipinski definition) is 0. The largest absolute Gasteiger partial charge is 0.464 e. The molecule has 0 aliphatic heterocycles. The minimum atomic E-state index is -1.65. The van der Waals surface area contributed by atoms with Crippen molar-refractivity contribution in [3.05, 3.63) is 47.8 Å². The molecule has 2 rings (SSSR count). The Kier molecular flexibility index (Phi) is 4.50. The van der Waals surface area contributed by atoms with E-state index in [0.29, 0.717) is 5.56 Å². The van der Waals surface area contributed by atoms with E-state index in [0.717, 1.165) is 11.4 Å². The summed E-state index contributed by atoms with van der Waals surface area (Å²) in [6.07, 6.45) is -0.0758. The third kappa shape index (κ3) is 3.04. The molecule has 106 valence electrons. The molecule has 0 saturated heterocycles. The minimum absolute atomic E-state index is 0.0164. The topological polar surface area (TPSA) is 44.1 Å². The summed E-state index contributed by atoms with van der Waals surface area (Å²) in [5.74, 6) is -0.820. The summed E-state index contributed by atoms with van der Waals surface area (Å²) < 4.78 is 20.1. The van der Waals surface area contributed by atoms with Crippen molar-refractivity contribution in [2.75, 3.05) is 6.61 Å². The van der Waals surface area contributed by atoms with Crippen molar-refractivity contribution in [1.82, 2.24) is 9.78 Å². The van der Waals surface area contributed by atoms with Gasteiger partial charge in [0.05, 0.1) is 18.5 Å². The zero-order chi connectivity index (χ0) is 14.5. The Hall–Kier alpha value is -2.17. The van der Waals surface area contributed by atoms with Gasteiger partial charge in [-0.05, 0) is 31.5 Å². The lowest BCUT2D eigenvalue weighted by Gasteiger charge is -2.08. The fourth-order valence-corrected chi connectivity index (χ4v) is 1.98. The summed E-state index contributed by atoms with van der Waals surface area (Å²) in [5.41, 5.74) is 2.43. The maximum atomic E-state index is 13.7. The number of ether oxygens (including phenoxy) is 1. The van der Waals surface area contributed by atoms with Crippen LogP contribution in [0, 0.1) is 6.92 Å². The van der Waals surface area contributed by atoms with Crippen molar-refractivity contribution in [2.24, 2.45) is 0 Å². The number of rotatable bonds is 5. The van der Waals surface area contributed by atoms with E-state index >= 15 is 0 Å². The molecule has 1 heterocycles. The Balaban J connectivity index is 2.16. The zero-order valence-corrected chi connectivity index (χ0v) is 11.5. The highest BCUT2D eigenvalue weighted by atomic mass is 19.1. The summed E-state index contributed by atoms with van der Waals surface area (Å²) in [5, 5.41) is 4.24. The van der Waals surface area contributed by atoms with Gasteiger partial charge in [-0.15, -0.1) is 0 Å². The normalized spacial score (nSPS) is 12.2. The van der Waals surface area contributed by atoms with Crippen LogP contribution < -0.4 is 0 Å². The highest BCUT2D eigenvalue weighted by Crippen LogP contribution is 2.16. The van der Waals surface area contributed by atoms with E-state index < -0.39 is 12.1 Å². The molecule has 0 radical (unpaired) electrons. The van der Waals surface area contributed by atoms with Crippen LogP contribution in [0.4, 0.5) is 4.39 Å². The summed E-state index contributed by atoms with van der Waals surface area (Å²) in [6, 6.07) is 9.57. The fraction of sp³-hybridized carbons (Fsp3) is 0.333. The van der Waals surface area contributed by atoms with Gasteiger partial charge in [-0.25, -0.2) is 13.9 Å². The molecule has 1 atom stereocenters. The molecule has 0 amide bonds. The zero-order valence-electron chi connectivity index (χ0n) is 11.5. The van der Waals surface area contributed by atoms with Gasteiger partial charge < -0.3 is 4.74 Å². The average molecular weight is 276 g/mol. The molecule has 5 heteroatoms. The summed E-state index contributed by atoms with van der Waals surface area (Å²) in [4.78, 5) is 11.3. The SMILES string of the molecule is CCOC(=O)C(F)Cc1cnn(-c2ccccc2)c1C. The average Bonchev–Trinajstić information content (AvgIpc) is 2.81. The standard InChI is InChI=1S/C15H17FN2O2/c1-3-20-15(19)14(16)9-12-10-17-18(11(12)2)13-7-5-4-6-8-13/h4-8,10,14H,3,9H2,1-2H3. The Morgan fingerprint density at radius 2 is 2.10 bits per heavy atom. The number of carbonyl (C=O) groups is 1. The second-order valence-electron chi connectivity index (χ2n) is 4.43. The van der Waals surface area contributed by atoms with Gasteiger partial charge in [0.2, 0.25) is 6.17 Å². The van der Waals surface area contributed by atoms with Crippen molar-refractivity contribution < 1.29 is 13.9 Å². The van der Waals surface area contributed by atoms with Crippen LogP contribution >= 0.6 is 0 Å². The fourth-order valence-electron chi connectivity index (χ4n) is 1.98. The van der Waals surface area contributed by atoms with Crippen LogP contribution in [0.1, 0.15) is 18.2 Å². The predicted octanol–water partition coefficient (Wildman–Crippen LogP) is 2.62. The molecule has 0 bridgehead atoms. The predicted molar refractivity (Wildman–Crippen MR) is 73.5 cm³/mol. The molecule has 0 N–H and O–H groups in total. The highest BCUT2D eigenvalue weighted by Gasteiger charge is 2.21. The molecule has 4 nitrogen and oxygen atoms in total. The third-order valence-corrected chi connectivity index (χ3v) is 3.05. The minimum Gasteiger partial charge on any atom is -0.464 e. The van der Waals surface area contributed by atoms with Crippen LogP contribution in [-0.4, -0.2) is 28.5 Å². The molecule has 0 fully saturated rings. The van der Waals surface area contributed by atoms with E-state index in [1.165, 1.54) is 0 Å². The molecular formula is C15H17FN2O2. The molecule has 1 aromatic carbocycles. The second-order valence-corrected chi connectivity index (χ2v) is 4.43. The monoisotopic (exact) mass is 276 g/mol. The molecule has 0 aliphatic rings. The van der Waals surface area contributed by atoms with Gasteiger partial charge in [-0.2, -0.15) is 5.10 Å². The quantitative estimate of drug-likeness (QED) is 0.788. The first-order valence-electron chi connectivity index (χ1n) is 6.53. The number of esters is 1.